The predicted molar refractivity (Wildman–Crippen MR) is 88.9 cm³/mol. The maximum absolute atomic E-state index is 12.3. The van der Waals surface area contributed by atoms with E-state index in [1.807, 2.05) is 0 Å². The van der Waals surface area contributed by atoms with Crippen LogP contribution in [-0.2, 0) is 9.53 Å². The zero-order chi connectivity index (χ0) is 15.6. The summed E-state index contributed by atoms with van der Waals surface area (Å²) in [5, 5.41) is 0.641. The Bertz CT molecular complexity index is 763. The van der Waals surface area contributed by atoms with Crippen molar-refractivity contribution < 1.29 is 9.53 Å². The number of nitrogens with two attached hydrogens (primary N) is 1. The molecule has 0 aliphatic rings. The first kappa shape index (κ1) is 16.3. The predicted octanol–water partition coefficient (Wildman–Crippen LogP) is 2.29. The monoisotopic (exact) mass is 435 g/mol. The quantitative estimate of drug-likeness (QED) is 0.342. The fourth-order valence-electron chi connectivity index (χ4n) is 1.64. The van der Waals surface area contributed by atoms with Gasteiger partial charge in [0.15, 0.2) is 5.16 Å². The van der Waals surface area contributed by atoms with Gasteiger partial charge >= 0.3 is 5.97 Å². The molecule has 0 fully saturated rings. The Morgan fingerprint density at radius 3 is 2.86 bits per heavy atom. The van der Waals surface area contributed by atoms with Crippen LogP contribution in [-0.4, -0.2) is 28.0 Å². The van der Waals surface area contributed by atoms with Crippen LogP contribution >= 0.6 is 43.6 Å². The summed E-state index contributed by atoms with van der Waals surface area (Å²) in [6.45, 7) is 2.03. The molecule has 2 N–H and O–H groups in total. The van der Waals surface area contributed by atoms with Gasteiger partial charge in [0, 0.05) is 8.95 Å². The Kier molecular flexibility index (Phi) is 5.28. The molecule has 0 spiro atoms. The number of benzene rings is 1. The van der Waals surface area contributed by atoms with Crippen LogP contribution in [0, 0.1) is 0 Å². The number of halogens is 2. The van der Waals surface area contributed by atoms with Crippen LogP contribution in [0.1, 0.15) is 6.92 Å². The van der Waals surface area contributed by atoms with Gasteiger partial charge < -0.3 is 10.6 Å². The van der Waals surface area contributed by atoms with E-state index in [1.165, 1.54) is 0 Å². The number of aromatic nitrogens is 2. The van der Waals surface area contributed by atoms with Crippen LogP contribution in [0.25, 0.3) is 10.9 Å². The first-order valence-corrected chi connectivity index (χ1v) is 8.46. The Hall–Kier alpha value is -1.06. The molecule has 1 heterocycles. The van der Waals surface area contributed by atoms with Crippen LogP contribution in [0.4, 0.5) is 0 Å². The van der Waals surface area contributed by atoms with E-state index in [4.69, 9.17) is 10.6 Å². The number of rotatable bonds is 4. The minimum Gasteiger partial charge on any atom is -0.465 e. The van der Waals surface area contributed by atoms with Gasteiger partial charge in [-0.3, -0.25) is 9.59 Å². The average Bonchev–Trinajstić information content (AvgIpc) is 2.42. The van der Waals surface area contributed by atoms with Crippen molar-refractivity contribution in [3.05, 3.63) is 31.4 Å². The van der Waals surface area contributed by atoms with E-state index in [2.05, 4.69) is 36.8 Å². The van der Waals surface area contributed by atoms with E-state index < -0.39 is 0 Å². The summed E-state index contributed by atoms with van der Waals surface area (Å²) >= 11 is 7.73. The number of nitrogens with zero attached hydrogens (tertiary/aromatic N) is 2. The second-order valence-electron chi connectivity index (χ2n) is 3.95. The second kappa shape index (κ2) is 6.80. The summed E-state index contributed by atoms with van der Waals surface area (Å²) in [5.74, 6) is 5.40. The third-order valence-electron chi connectivity index (χ3n) is 2.52. The highest BCUT2D eigenvalue weighted by atomic mass is 79.9. The molecule has 1 aromatic carbocycles. The molecule has 0 amide bonds. The highest BCUT2D eigenvalue weighted by Gasteiger charge is 2.14. The number of ether oxygens (including phenoxy) is 1. The number of nitrogen functional groups attached to an aromatic ring is 1. The molecule has 2 aromatic rings. The summed E-state index contributed by atoms with van der Waals surface area (Å²) in [4.78, 5) is 28.0. The SMILES string of the molecule is CCOC(=O)CSc1nc2c(Br)cc(Br)cc2c(=O)n1N. The molecule has 2 rings (SSSR count). The summed E-state index contributed by atoms with van der Waals surface area (Å²) < 4.78 is 7.18. The lowest BCUT2D eigenvalue weighted by molar-refractivity contribution is -0.139. The Balaban J connectivity index is 2.44. The van der Waals surface area contributed by atoms with Crippen molar-refractivity contribution in [3.8, 4) is 0 Å². The summed E-state index contributed by atoms with van der Waals surface area (Å²) in [7, 11) is 0. The molecule has 0 saturated heterocycles. The van der Waals surface area contributed by atoms with Crippen molar-refractivity contribution in [2.24, 2.45) is 0 Å². The Labute approximate surface area is 141 Å². The topological polar surface area (TPSA) is 87.2 Å². The lowest BCUT2D eigenvalue weighted by Crippen LogP contribution is -2.30. The standard InChI is InChI=1S/C12H11Br2N3O3S/c1-2-20-9(18)5-21-12-16-10-7(11(19)17(12)15)3-6(13)4-8(10)14/h3-4H,2,5,15H2,1H3. The molecule has 0 atom stereocenters. The molecule has 0 radical (unpaired) electrons. The minimum absolute atomic E-state index is 0.0388. The van der Waals surface area contributed by atoms with Crippen molar-refractivity contribution in [1.82, 2.24) is 9.66 Å². The zero-order valence-corrected chi connectivity index (χ0v) is 14.9. The van der Waals surface area contributed by atoms with Gasteiger partial charge in [-0.25, -0.2) is 9.66 Å². The lowest BCUT2D eigenvalue weighted by Gasteiger charge is -2.09. The molecular formula is C12H11Br2N3O3S. The second-order valence-corrected chi connectivity index (χ2v) is 6.66. The van der Waals surface area contributed by atoms with Crippen molar-refractivity contribution in [1.29, 1.82) is 0 Å². The van der Waals surface area contributed by atoms with E-state index >= 15 is 0 Å². The fraction of sp³-hybridized carbons (Fsp3) is 0.250. The zero-order valence-electron chi connectivity index (χ0n) is 10.9. The number of carbonyl (C=O) groups excluding carboxylic acids is 1. The van der Waals surface area contributed by atoms with Gasteiger partial charge in [-0.2, -0.15) is 0 Å². The van der Waals surface area contributed by atoms with E-state index in [0.717, 1.165) is 20.9 Å². The van der Waals surface area contributed by atoms with Crippen LogP contribution in [0.2, 0.25) is 0 Å². The molecule has 0 aliphatic carbocycles. The molecule has 21 heavy (non-hydrogen) atoms. The van der Waals surface area contributed by atoms with Crippen molar-refractivity contribution in [2.45, 2.75) is 12.1 Å². The van der Waals surface area contributed by atoms with E-state index in [1.54, 1.807) is 19.1 Å². The van der Waals surface area contributed by atoms with Gasteiger partial charge in [-0.05, 0) is 35.0 Å². The average molecular weight is 437 g/mol. The molecule has 0 saturated carbocycles. The maximum atomic E-state index is 12.3. The first-order valence-electron chi connectivity index (χ1n) is 5.89. The number of hydrogen-bond acceptors (Lipinski definition) is 6. The Morgan fingerprint density at radius 2 is 2.19 bits per heavy atom. The molecule has 0 unspecified atom stereocenters. The van der Waals surface area contributed by atoms with Gasteiger partial charge in [0.2, 0.25) is 0 Å². The molecule has 6 nitrogen and oxygen atoms in total. The van der Waals surface area contributed by atoms with Crippen molar-refractivity contribution in [2.75, 3.05) is 18.2 Å². The minimum atomic E-state index is -0.383. The van der Waals surface area contributed by atoms with Crippen LogP contribution < -0.4 is 11.4 Å². The highest BCUT2D eigenvalue weighted by Crippen LogP contribution is 2.26. The largest absolute Gasteiger partial charge is 0.465 e. The summed E-state index contributed by atoms with van der Waals surface area (Å²) in [6, 6.07) is 3.44. The lowest BCUT2D eigenvalue weighted by atomic mass is 10.2. The van der Waals surface area contributed by atoms with Crippen molar-refractivity contribution >= 4 is 60.5 Å². The number of hydrogen-bond donors (Lipinski definition) is 1. The maximum Gasteiger partial charge on any atom is 0.316 e. The van der Waals surface area contributed by atoms with Gasteiger partial charge in [-0.1, -0.05) is 27.7 Å². The third-order valence-corrected chi connectivity index (χ3v) is 4.50. The molecular weight excluding hydrogens is 426 g/mol. The van der Waals surface area contributed by atoms with Gasteiger partial charge in [-0.15, -0.1) is 0 Å². The fourth-order valence-corrected chi connectivity index (χ4v) is 3.66. The molecule has 1 aromatic heterocycles. The van der Waals surface area contributed by atoms with Crippen LogP contribution in [0.3, 0.4) is 0 Å². The normalized spacial score (nSPS) is 10.8. The van der Waals surface area contributed by atoms with Gasteiger partial charge in [0.1, 0.15) is 0 Å². The number of carbonyl (C=O) groups is 1. The van der Waals surface area contributed by atoms with Crippen LogP contribution in [0.5, 0.6) is 0 Å². The van der Waals surface area contributed by atoms with Crippen LogP contribution in [0.15, 0.2) is 31.0 Å². The van der Waals surface area contributed by atoms with E-state index in [9.17, 15) is 9.59 Å². The molecule has 112 valence electrons. The van der Waals surface area contributed by atoms with Gasteiger partial charge in [0.05, 0.1) is 23.3 Å². The molecule has 0 bridgehead atoms. The van der Waals surface area contributed by atoms with Gasteiger partial charge in [0.25, 0.3) is 5.56 Å². The number of esters is 1. The number of thioether (sulfide) groups is 1. The highest BCUT2D eigenvalue weighted by molar-refractivity contribution is 9.11. The van der Waals surface area contributed by atoms with E-state index in [-0.39, 0.29) is 22.4 Å². The summed E-state index contributed by atoms with van der Waals surface area (Å²) in [5.41, 5.74) is 0.115. The van der Waals surface area contributed by atoms with Crippen molar-refractivity contribution in [3.63, 3.8) is 0 Å². The molecule has 0 aliphatic heterocycles. The number of fused-ring (bicyclic) bond motifs is 1. The Morgan fingerprint density at radius 1 is 1.48 bits per heavy atom. The first-order chi connectivity index (χ1) is 9.93. The summed E-state index contributed by atoms with van der Waals surface area (Å²) in [6.07, 6.45) is 0. The molecule has 9 heteroatoms. The smallest absolute Gasteiger partial charge is 0.316 e. The third kappa shape index (κ3) is 3.58. The van der Waals surface area contributed by atoms with E-state index in [0.29, 0.717) is 22.0 Å².